The number of nitrogens with one attached hydrogen (secondary N) is 2. The molecule has 0 amide bonds. The molecule has 3 aliphatic rings. The van der Waals surface area contributed by atoms with Gasteiger partial charge in [-0.3, -0.25) is 9.89 Å². The van der Waals surface area contributed by atoms with Crippen LogP contribution in [-0.4, -0.2) is 63.3 Å². The van der Waals surface area contributed by atoms with Crippen LogP contribution in [0.15, 0.2) is 4.99 Å². The first kappa shape index (κ1) is 19.2. The maximum atomic E-state index is 5.39. The van der Waals surface area contributed by atoms with Crippen molar-refractivity contribution in [1.29, 1.82) is 0 Å². The second-order valence-corrected chi connectivity index (χ2v) is 6.94. The van der Waals surface area contributed by atoms with E-state index in [0.717, 1.165) is 76.2 Å². The SMILES string of the molecule is CCNC(=NCC(C1CC1)C1CC1)NCCN1CCOCC1.I. The quantitative estimate of drug-likeness (QED) is 0.347. The van der Waals surface area contributed by atoms with Gasteiger partial charge in [-0.25, -0.2) is 0 Å². The van der Waals surface area contributed by atoms with E-state index >= 15 is 0 Å². The van der Waals surface area contributed by atoms with Gasteiger partial charge in [-0.2, -0.15) is 0 Å². The van der Waals surface area contributed by atoms with Crippen LogP contribution in [0, 0.1) is 17.8 Å². The van der Waals surface area contributed by atoms with Crippen LogP contribution in [0.5, 0.6) is 0 Å². The Morgan fingerprint density at radius 2 is 1.78 bits per heavy atom. The van der Waals surface area contributed by atoms with Gasteiger partial charge in [0.1, 0.15) is 0 Å². The predicted octanol–water partition coefficient (Wildman–Crippen LogP) is 1.93. The smallest absolute Gasteiger partial charge is 0.191 e. The minimum absolute atomic E-state index is 0. The molecule has 2 aliphatic carbocycles. The first-order valence-electron chi connectivity index (χ1n) is 9.19. The van der Waals surface area contributed by atoms with Gasteiger partial charge in [0.25, 0.3) is 0 Å². The molecule has 1 aliphatic heterocycles. The number of hydrogen-bond acceptors (Lipinski definition) is 3. The van der Waals surface area contributed by atoms with Gasteiger partial charge in [0.15, 0.2) is 5.96 Å². The van der Waals surface area contributed by atoms with Gasteiger partial charge >= 0.3 is 0 Å². The molecule has 0 aromatic heterocycles. The van der Waals surface area contributed by atoms with Crippen molar-refractivity contribution in [1.82, 2.24) is 15.5 Å². The van der Waals surface area contributed by atoms with Crippen molar-refractivity contribution in [2.45, 2.75) is 32.6 Å². The summed E-state index contributed by atoms with van der Waals surface area (Å²) in [5.41, 5.74) is 0. The molecular weight excluding hydrogens is 403 g/mol. The van der Waals surface area contributed by atoms with Gasteiger partial charge in [-0.1, -0.05) is 0 Å². The molecule has 23 heavy (non-hydrogen) atoms. The lowest BCUT2D eigenvalue weighted by molar-refractivity contribution is 0.0389. The number of guanidine groups is 1. The highest BCUT2D eigenvalue weighted by Crippen LogP contribution is 2.49. The summed E-state index contributed by atoms with van der Waals surface area (Å²) < 4.78 is 5.39. The van der Waals surface area contributed by atoms with E-state index in [-0.39, 0.29) is 24.0 Å². The van der Waals surface area contributed by atoms with E-state index in [2.05, 4.69) is 22.5 Å². The van der Waals surface area contributed by atoms with Gasteiger partial charge in [-0.05, 0) is 50.4 Å². The molecule has 3 fully saturated rings. The van der Waals surface area contributed by atoms with Gasteiger partial charge in [0, 0.05) is 39.3 Å². The molecule has 0 unspecified atom stereocenters. The van der Waals surface area contributed by atoms with E-state index in [0.29, 0.717) is 0 Å². The molecule has 1 saturated heterocycles. The van der Waals surface area contributed by atoms with Crippen molar-refractivity contribution >= 4 is 29.9 Å². The van der Waals surface area contributed by atoms with Crippen LogP contribution < -0.4 is 10.6 Å². The topological polar surface area (TPSA) is 48.9 Å². The number of nitrogens with zero attached hydrogens (tertiary/aromatic N) is 2. The van der Waals surface area contributed by atoms with Crippen molar-refractivity contribution < 1.29 is 4.74 Å². The first-order chi connectivity index (χ1) is 10.9. The highest BCUT2D eigenvalue weighted by Gasteiger charge is 2.41. The molecule has 0 spiro atoms. The molecule has 5 nitrogen and oxygen atoms in total. The largest absolute Gasteiger partial charge is 0.379 e. The lowest BCUT2D eigenvalue weighted by Gasteiger charge is -2.26. The summed E-state index contributed by atoms with van der Waals surface area (Å²) in [5, 5.41) is 6.89. The second kappa shape index (κ2) is 10.0. The highest BCUT2D eigenvalue weighted by molar-refractivity contribution is 14.0. The fourth-order valence-electron chi connectivity index (χ4n) is 3.43. The Labute approximate surface area is 158 Å². The van der Waals surface area contributed by atoms with E-state index < -0.39 is 0 Å². The third-order valence-electron chi connectivity index (χ3n) is 5.08. The summed E-state index contributed by atoms with van der Waals surface area (Å²) in [6.07, 6.45) is 5.77. The molecular formula is C17H33IN4O. The Kier molecular flexibility index (Phi) is 8.40. The average Bonchev–Trinajstić information content (AvgIpc) is 3.42. The van der Waals surface area contributed by atoms with E-state index in [1.165, 1.54) is 25.7 Å². The van der Waals surface area contributed by atoms with Crippen LogP contribution in [0.4, 0.5) is 0 Å². The fraction of sp³-hybridized carbons (Fsp3) is 0.941. The summed E-state index contributed by atoms with van der Waals surface area (Å²) in [6.45, 7) is 9.98. The van der Waals surface area contributed by atoms with E-state index in [1.807, 2.05) is 0 Å². The standard InChI is InChI=1S/C17H32N4O.HI/c1-2-18-17(19-7-8-21-9-11-22-12-10-21)20-13-16(14-3-4-14)15-5-6-15;/h14-16H,2-13H2,1H3,(H2,18,19,20);1H. The zero-order valence-corrected chi connectivity index (χ0v) is 16.8. The van der Waals surface area contributed by atoms with Gasteiger partial charge in [0.2, 0.25) is 0 Å². The third-order valence-corrected chi connectivity index (χ3v) is 5.08. The van der Waals surface area contributed by atoms with Gasteiger partial charge in [-0.15, -0.1) is 24.0 Å². The first-order valence-corrected chi connectivity index (χ1v) is 9.19. The van der Waals surface area contributed by atoms with Crippen LogP contribution in [0.25, 0.3) is 0 Å². The average molecular weight is 436 g/mol. The van der Waals surface area contributed by atoms with Crippen molar-refractivity contribution in [3.05, 3.63) is 0 Å². The summed E-state index contributed by atoms with van der Waals surface area (Å²) in [5.74, 6) is 3.82. The maximum absolute atomic E-state index is 5.39. The van der Waals surface area contributed by atoms with Crippen molar-refractivity contribution in [2.24, 2.45) is 22.7 Å². The molecule has 0 aromatic carbocycles. The van der Waals surface area contributed by atoms with Crippen molar-refractivity contribution in [3.8, 4) is 0 Å². The molecule has 0 aromatic rings. The molecule has 2 N–H and O–H groups in total. The lowest BCUT2D eigenvalue weighted by Crippen LogP contribution is -2.44. The van der Waals surface area contributed by atoms with Crippen LogP contribution in [0.2, 0.25) is 0 Å². The molecule has 134 valence electrons. The molecule has 0 atom stereocenters. The Bertz CT molecular complexity index is 354. The highest BCUT2D eigenvalue weighted by atomic mass is 127. The fourth-order valence-corrected chi connectivity index (χ4v) is 3.43. The van der Waals surface area contributed by atoms with Crippen molar-refractivity contribution in [2.75, 3.05) is 52.5 Å². The van der Waals surface area contributed by atoms with Crippen LogP contribution in [0.3, 0.4) is 0 Å². The Hall–Kier alpha value is -0.0800. The summed E-state index contributed by atoms with van der Waals surface area (Å²) in [6, 6.07) is 0. The minimum Gasteiger partial charge on any atom is -0.379 e. The number of halogens is 1. The van der Waals surface area contributed by atoms with E-state index in [9.17, 15) is 0 Å². The molecule has 3 rings (SSSR count). The zero-order valence-electron chi connectivity index (χ0n) is 14.4. The van der Waals surface area contributed by atoms with Crippen molar-refractivity contribution in [3.63, 3.8) is 0 Å². The number of morpholine rings is 1. The summed E-state index contributed by atoms with van der Waals surface area (Å²) in [7, 11) is 0. The molecule has 1 heterocycles. The van der Waals surface area contributed by atoms with Gasteiger partial charge in [0.05, 0.1) is 13.2 Å². The van der Waals surface area contributed by atoms with Crippen LogP contribution >= 0.6 is 24.0 Å². The lowest BCUT2D eigenvalue weighted by atomic mass is 9.98. The minimum atomic E-state index is 0. The molecule has 0 bridgehead atoms. The maximum Gasteiger partial charge on any atom is 0.191 e. The van der Waals surface area contributed by atoms with E-state index in [1.54, 1.807) is 0 Å². The zero-order chi connectivity index (χ0) is 15.2. The summed E-state index contributed by atoms with van der Waals surface area (Å²) in [4.78, 5) is 7.33. The van der Waals surface area contributed by atoms with Gasteiger partial charge < -0.3 is 15.4 Å². The Balaban J connectivity index is 0.00000192. The van der Waals surface area contributed by atoms with Crippen LogP contribution in [0.1, 0.15) is 32.6 Å². The normalized spacial score (nSPS) is 22.8. The Morgan fingerprint density at radius 3 is 2.35 bits per heavy atom. The molecule has 6 heteroatoms. The number of aliphatic imine (C=N–C) groups is 1. The monoisotopic (exact) mass is 436 g/mol. The van der Waals surface area contributed by atoms with Crippen LogP contribution in [-0.2, 0) is 4.74 Å². The third kappa shape index (κ3) is 6.74. The summed E-state index contributed by atoms with van der Waals surface area (Å²) >= 11 is 0. The predicted molar refractivity (Wildman–Crippen MR) is 106 cm³/mol. The molecule has 0 radical (unpaired) electrons. The Morgan fingerprint density at radius 1 is 1.13 bits per heavy atom. The molecule has 2 saturated carbocycles. The van der Waals surface area contributed by atoms with E-state index in [4.69, 9.17) is 9.73 Å². The number of ether oxygens (including phenoxy) is 1. The second-order valence-electron chi connectivity index (χ2n) is 6.94. The number of rotatable bonds is 8. The number of hydrogen-bond donors (Lipinski definition) is 2.